The van der Waals surface area contributed by atoms with Gasteiger partial charge in [0.1, 0.15) is 0 Å². The van der Waals surface area contributed by atoms with Gasteiger partial charge in [0.15, 0.2) is 0 Å². The van der Waals surface area contributed by atoms with Gasteiger partial charge >= 0.3 is 17.9 Å². The summed E-state index contributed by atoms with van der Waals surface area (Å²) < 4.78 is 10.3. The topological polar surface area (TPSA) is 148 Å². The molecule has 0 heterocycles. The van der Waals surface area contributed by atoms with Gasteiger partial charge in [0.25, 0.3) is 11.8 Å². The first-order valence-corrected chi connectivity index (χ1v) is 11.6. The summed E-state index contributed by atoms with van der Waals surface area (Å²) in [7, 11) is 0. The molecule has 0 aliphatic carbocycles. The Morgan fingerprint density at radius 3 is 1.68 bits per heavy atom. The second-order valence-electron chi connectivity index (χ2n) is 8.18. The van der Waals surface area contributed by atoms with Crippen molar-refractivity contribution in [1.82, 2.24) is 10.9 Å². The average Bonchev–Trinajstić information content (AvgIpc) is 2.89. The third kappa shape index (κ3) is 7.40. The molecule has 0 aliphatic heterocycles. The average molecular weight is 539 g/mol. The van der Waals surface area contributed by atoms with Crippen molar-refractivity contribution in [3.05, 3.63) is 106 Å². The fraction of sp³-hybridized carbons (Fsp3) is 0.148. The minimum atomic E-state index is -2.25. The molecular formula is C27H23ClN2O8. The standard InChI is InChI=1S/C27H23ClN2O8/c1-15-5-3-7-18(13-15)26(35)37-21(24(32)30-29-23(31)17-9-11-20(28)12-10-17)22(25(33)34)38-27(36)19-8-4-6-16(2)14-19/h3-14,21-22H,1-2H3,(H,29,31)(H,30,32)(H,33,34)/t21-,22-/m1/s1. The highest BCUT2D eigenvalue weighted by atomic mass is 35.5. The third-order valence-corrected chi connectivity index (χ3v) is 5.41. The number of carboxylic acid groups (broad SMARTS) is 1. The lowest BCUT2D eigenvalue weighted by Crippen LogP contribution is -2.54. The summed E-state index contributed by atoms with van der Waals surface area (Å²) in [6.45, 7) is 3.44. The first-order valence-electron chi connectivity index (χ1n) is 11.2. The molecule has 2 amide bonds. The Balaban J connectivity index is 1.85. The molecule has 11 heteroatoms. The predicted octanol–water partition coefficient (Wildman–Crippen LogP) is 3.25. The molecule has 0 aliphatic rings. The van der Waals surface area contributed by atoms with E-state index >= 15 is 0 Å². The predicted molar refractivity (Wildman–Crippen MR) is 135 cm³/mol. The SMILES string of the molecule is Cc1cccc(C(=O)O[C@@H](C(=O)O)[C@@H](OC(=O)c2cccc(C)c2)C(=O)NNC(=O)c2ccc(Cl)cc2)c1. The molecule has 0 fully saturated rings. The van der Waals surface area contributed by atoms with Gasteiger partial charge in [-0.1, -0.05) is 47.0 Å². The monoisotopic (exact) mass is 538 g/mol. The smallest absolute Gasteiger partial charge is 0.349 e. The second kappa shape index (κ2) is 12.5. The number of carbonyl (C=O) groups excluding carboxylic acids is 4. The van der Waals surface area contributed by atoms with Crippen LogP contribution in [0.25, 0.3) is 0 Å². The zero-order chi connectivity index (χ0) is 27.8. The Bertz CT molecular complexity index is 1370. The fourth-order valence-corrected chi connectivity index (χ4v) is 3.39. The minimum absolute atomic E-state index is 0.0245. The number of aliphatic carboxylic acids is 1. The fourth-order valence-electron chi connectivity index (χ4n) is 3.27. The number of halogens is 1. The summed E-state index contributed by atoms with van der Waals surface area (Å²) in [5.74, 6) is -5.88. The first kappa shape index (κ1) is 27.9. The molecular weight excluding hydrogens is 516 g/mol. The van der Waals surface area contributed by atoms with Crippen molar-refractivity contribution in [2.75, 3.05) is 0 Å². The van der Waals surface area contributed by atoms with Crippen LogP contribution in [0.4, 0.5) is 0 Å². The maximum absolute atomic E-state index is 13.0. The number of esters is 2. The van der Waals surface area contributed by atoms with Gasteiger partial charge < -0.3 is 14.6 Å². The van der Waals surface area contributed by atoms with E-state index in [2.05, 4.69) is 5.43 Å². The van der Waals surface area contributed by atoms with Crippen molar-refractivity contribution in [3.63, 3.8) is 0 Å². The molecule has 38 heavy (non-hydrogen) atoms. The van der Waals surface area contributed by atoms with E-state index < -0.39 is 41.9 Å². The molecule has 0 radical (unpaired) electrons. The highest BCUT2D eigenvalue weighted by molar-refractivity contribution is 6.30. The third-order valence-electron chi connectivity index (χ3n) is 5.16. The van der Waals surface area contributed by atoms with Crippen LogP contribution in [0, 0.1) is 13.8 Å². The van der Waals surface area contributed by atoms with Crippen molar-refractivity contribution < 1.29 is 38.6 Å². The van der Waals surface area contributed by atoms with Crippen LogP contribution in [0.5, 0.6) is 0 Å². The number of aryl methyl sites for hydroxylation is 2. The van der Waals surface area contributed by atoms with Gasteiger partial charge in [-0.2, -0.15) is 0 Å². The molecule has 10 nitrogen and oxygen atoms in total. The zero-order valence-corrected chi connectivity index (χ0v) is 21.0. The number of carbonyl (C=O) groups is 5. The molecule has 0 saturated carbocycles. The van der Waals surface area contributed by atoms with Crippen molar-refractivity contribution >= 4 is 41.3 Å². The van der Waals surface area contributed by atoms with Gasteiger partial charge in [-0.05, 0) is 62.4 Å². The summed E-state index contributed by atoms with van der Waals surface area (Å²) in [5.41, 5.74) is 5.71. The van der Waals surface area contributed by atoms with Crippen LogP contribution < -0.4 is 10.9 Å². The number of amides is 2. The van der Waals surface area contributed by atoms with Crippen molar-refractivity contribution in [2.45, 2.75) is 26.1 Å². The molecule has 3 rings (SSSR count). The van der Waals surface area contributed by atoms with Crippen LogP contribution in [0.2, 0.25) is 5.02 Å². The van der Waals surface area contributed by atoms with Crippen LogP contribution in [0.15, 0.2) is 72.8 Å². The number of hydrogen-bond donors (Lipinski definition) is 3. The molecule has 0 unspecified atom stereocenters. The lowest BCUT2D eigenvalue weighted by Gasteiger charge is -2.23. The van der Waals surface area contributed by atoms with E-state index in [9.17, 15) is 29.1 Å². The maximum atomic E-state index is 13.0. The van der Waals surface area contributed by atoms with E-state index in [1.165, 1.54) is 48.5 Å². The molecule has 3 N–H and O–H groups in total. The Labute approximate surface area is 222 Å². The first-order chi connectivity index (χ1) is 18.0. The Hall–Kier alpha value is -4.70. The Morgan fingerprint density at radius 2 is 1.21 bits per heavy atom. The van der Waals surface area contributed by atoms with Crippen molar-refractivity contribution in [1.29, 1.82) is 0 Å². The maximum Gasteiger partial charge on any atom is 0.349 e. The summed E-state index contributed by atoms with van der Waals surface area (Å²) in [5, 5.41) is 10.2. The van der Waals surface area contributed by atoms with E-state index in [4.69, 9.17) is 21.1 Å². The van der Waals surface area contributed by atoms with E-state index in [-0.39, 0.29) is 16.7 Å². The van der Waals surface area contributed by atoms with Crippen LogP contribution >= 0.6 is 11.6 Å². The molecule has 2 atom stereocenters. The molecule has 3 aromatic carbocycles. The molecule has 3 aromatic rings. The van der Waals surface area contributed by atoms with Gasteiger partial charge in [0, 0.05) is 10.6 Å². The summed E-state index contributed by atoms with van der Waals surface area (Å²) >= 11 is 5.81. The quantitative estimate of drug-likeness (QED) is 0.292. The van der Waals surface area contributed by atoms with E-state index in [0.29, 0.717) is 16.1 Å². The molecule has 196 valence electrons. The van der Waals surface area contributed by atoms with E-state index in [1.807, 2.05) is 5.43 Å². The van der Waals surface area contributed by atoms with Gasteiger partial charge in [0.2, 0.25) is 12.2 Å². The second-order valence-corrected chi connectivity index (χ2v) is 8.62. The highest BCUT2D eigenvalue weighted by Crippen LogP contribution is 2.15. The Kier molecular flexibility index (Phi) is 9.18. The van der Waals surface area contributed by atoms with Gasteiger partial charge in [0.05, 0.1) is 11.1 Å². The van der Waals surface area contributed by atoms with Gasteiger partial charge in [-0.3, -0.25) is 20.4 Å². The van der Waals surface area contributed by atoms with Crippen molar-refractivity contribution in [2.24, 2.45) is 0 Å². The summed E-state index contributed by atoms with van der Waals surface area (Å²) in [4.78, 5) is 63.0. The zero-order valence-electron chi connectivity index (χ0n) is 20.3. The van der Waals surface area contributed by atoms with E-state index in [0.717, 1.165) is 0 Å². The van der Waals surface area contributed by atoms with Gasteiger partial charge in [-0.15, -0.1) is 0 Å². The number of benzene rings is 3. The molecule has 0 spiro atoms. The molecule has 0 aromatic heterocycles. The van der Waals surface area contributed by atoms with E-state index in [1.54, 1.807) is 38.1 Å². The summed E-state index contributed by atoms with van der Waals surface area (Å²) in [6.07, 6.45) is -4.41. The molecule has 0 bridgehead atoms. The number of rotatable bonds is 8. The lowest BCUT2D eigenvalue weighted by atomic mass is 10.1. The van der Waals surface area contributed by atoms with Crippen LogP contribution in [0.1, 0.15) is 42.2 Å². The Morgan fingerprint density at radius 1 is 0.711 bits per heavy atom. The largest absolute Gasteiger partial charge is 0.478 e. The van der Waals surface area contributed by atoms with Crippen LogP contribution in [-0.4, -0.2) is 47.0 Å². The number of carboxylic acids is 1. The lowest BCUT2D eigenvalue weighted by molar-refractivity contribution is -0.159. The number of nitrogens with one attached hydrogen (secondary N) is 2. The molecule has 0 saturated heterocycles. The van der Waals surface area contributed by atoms with Gasteiger partial charge in [-0.25, -0.2) is 14.4 Å². The van der Waals surface area contributed by atoms with Crippen LogP contribution in [0.3, 0.4) is 0 Å². The number of ether oxygens (including phenoxy) is 2. The number of hydrazine groups is 1. The van der Waals surface area contributed by atoms with Crippen LogP contribution in [-0.2, 0) is 19.1 Å². The number of hydrogen-bond acceptors (Lipinski definition) is 7. The highest BCUT2D eigenvalue weighted by Gasteiger charge is 2.41. The summed E-state index contributed by atoms with van der Waals surface area (Å²) in [6, 6.07) is 18.0. The normalized spacial score (nSPS) is 12.0. The van der Waals surface area contributed by atoms with Crippen molar-refractivity contribution in [3.8, 4) is 0 Å². The minimum Gasteiger partial charge on any atom is -0.478 e.